The van der Waals surface area contributed by atoms with Crippen LogP contribution < -0.4 is 5.32 Å². The minimum absolute atomic E-state index is 0.284. The predicted molar refractivity (Wildman–Crippen MR) is 70.7 cm³/mol. The molecular formula is C12H15Cl2NO2. The molecule has 0 fully saturated rings. The Morgan fingerprint density at radius 3 is 2.35 bits per heavy atom. The van der Waals surface area contributed by atoms with Gasteiger partial charge >= 0.3 is 5.97 Å². The Morgan fingerprint density at radius 1 is 1.35 bits per heavy atom. The van der Waals surface area contributed by atoms with Gasteiger partial charge in [0.25, 0.3) is 0 Å². The Balaban J connectivity index is 2.77. The topological polar surface area (TPSA) is 38.3 Å². The Hall–Kier alpha value is -0.930. The van der Waals surface area contributed by atoms with E-state index < -0.39 is 5.41 Å². The molecule has 0 aromatic heterocycles. The van der Waals surface area contributed by atoms with Gasteiger partial charge in [0, 0.05) is 6.54 Å². The van der Waals surface area contributed by atoms with Gasteiger partial charge in [0.15, 0.2) is 0 Å². The standard InChI is InChI=1S/C12H15Cl2NO2/c1-12(2,11(16)17-3)7-15-10-8(13)5-4-6-9(10)14/h4-6,15H,7H2,1-3H3. The van der Waals surface area contributed by atoms with Gasteiger partial charge in [-0.1, -0.05) is 29.3 Å². The Kier molecular flexibility index (Phi) is 4.66. The van der Waals surface area contributed by atoms with Gasteiger partial charge < -0.3 is 10.1 Å². The molecule has 17 heavy (non-hydrogen) atoms. The minimum atomic E-state index is -0.642. The number of nitrogens with one attached hydrogen (secondary N) is 1. The average Bonchev–Trinajstić information content (AvgIpc) is 2.27. The fraction of sp³-hybridized carbons (Fsp3) is 0.417. The molecule has 0 unspecified atom stereocenters. The quantitative estimate of drug-likeness (QED) is 0.854. The number of carbonyl (C=O) groups is 1. The van der Waals surface area contributed by atoms with Gasteiger partial charge in [0.05, 0.1) is 28.3 Å². The number of halogens is 2. The molecule has 0 saturated carbocycles. The number of methoxy groups -OCH3 is 1. The lowest BCUT2D eigenvalue weighted by molar-refractivity contribution is -0.149. The number of carbonyl (C=O) groups excluding carboxylic acids is 1. The van der Waals surface area contributed by atoms with Gasteiger partial charge in [-0.2, -0.15) is 0 Å². The third kappa shape index (κ3) is 3.51. The molecule has 0 bridgehead atoms. The van der Waals surface area contributed by atoms with Gasteiger partial charge in [-0.05, 0) is 26.0 Å². The van der Waals surface area contributed by atoms with Crippen LogP contribution in [0, 0.1) is 5.41 Å². The van der Waals surface area contributed by atoms with Crippen molar-refractivity contribution in [3.63, 3.8) is 0 Å². The van der Waals surface area contributed by atoms with E-state index in [0.717, 1.165) is 0 Å². The van der Waals surface area contributed by atoms with E-state index in [1.807, 2.05) is 0 Å². The molecule has 1 aromatic carbocycles. The molecule has 0 amide bonds. The van der Waals surface area contributed by atoms with Crippen LogP contribution >= 0.6 is 23.2 Å². The van der Waals surface area contributed by atoms with Crippen LogP contribution in [-0.4, -0.2) is 19.6 Å². The van der Waals surface area contributed by atoms with Crippen molar-refractivity contribution in [1.29, 1.82) is 0 Å². The molecule has 0 atom stereocenters. The number of rotatable bonds is 4. The minimum Gasteiger partial charge on any atom is -0.469 e. The third-order valence-corrected chi connectivity index (χ3v) is 3.04. The number of benzene rings is 1. The molecule has 0 spiro atoms. The first-order valence-electron chi connectivity index (χ1n) is 5.15. The number of hydrogen-bond donors (Lipinski definition) is 1. The second kappa shape index (κ2) is 5.61. The van der Waals surface area contributed by atoms with Gasteiger partial charge in [0.1, 0.15) is 0 Å². The van der Waals surface area contributed by atoms with Crippen LogP contribution in [0.15, 0.2) is 18.2 Å². The van der Waals surface area contributed by atoms with Crippen molar-refractivity contribution in [2.45, 2.75) is 13.8 Å². The molecule has 0 aliphatic carbocycles. The fourth-order valence-corrected chi connectivity index (χ4v) is 1.86. The van der Waals surface area contributed by atoms with E-state index in [-0.39, 0.29) is 5.97 Å². The zero-order chi connectivity index (χ0) is 13.1. The van der Waals surface area contributed by atoms with Crippen LogP contribution in [0.2, 0.25) is 10.0 Å². The van der Waals surface area contributed by atoms with Crippen LogP contribution in [0.25, 0.3) is 0 Å². The van der Waals surface area contributed by atoms with Crippen LogP contribution in [0.4, 0.5) is 5.69 Å². The third-order valence-electron chi connectivity index (χ3n) is 2.41. The summed E-state index contributed by atoms with van der Waals surface area (Å²) in [7, 11) is 1.37. The lowest BCUT2D eigenvalue weighted by atomic mass is 9.93. The van der Waals surface area contributed by atoms with Crippen molar-refractivity contribution in [2.24, 2.45) is 5.41 Å². The van der Waals surface area contributed by atoms with Crippen molar-refractivity contribution in [3.05, 3.63) is 28.2 Å². The molecule has 5 heteroatoms. The smallest absolute Gasteiger partial charge is 0.313 e. The molecule has 1 aromatic rings. The molecule has 94 valence electrons. The highest BCUT2D eigenvalue weighted by molar-refractivity contribution is 6.39. The van der Waals surface area contributed by atoms with Crippen molar-refractivity contribution in [2.75, 3.05) is 19.0 Å². The summed E-state index contributed by atoms with van der Waals surface area (Å²) in [5.74, 6) is -0.284. The second-order valence-electron chi connectivity index (χ2n) is 4.33. The van der Waals surface area contributed by atoms with E-state index in [1.54, 1.807) is 32.0 Å². The fourth-order valence-electron chi connectivity index (χ4n) is 1.32. The van der Waals surface area contributed by atoms with Crippen LogP contribution in [0.5, 0.6) is 0 Å². The largest absolute Gasteiger partial charge is 0.469 e. The molecule has 3 nitrogen and oxygen atoms in total. The van der Waals surface area contributed by atoms with Crippen molar-refractivity contribution < 1.29 is 9.53 Å². The van der Waals surface area contributed by atoms with Gasteiger partial charge in [-0.25, -0.2) is 0 Å². The van der Waals surface area contributed by atoms with Crippen LogP contribution in [-0.2, 0) is 9.53 Å². The van der Waals surface area contributed by atoms with Crippen molar-refractivity contribution in [3.8, 4) is 0 Å². The summed E-state index contributed by atoms with van der Waals surface area (Å²) in [5, 5.41) is 4.12. The van der Waals surface area contributed by atoms with Gasteiger partial charge in [0.2, 0.25) is 0 Å². The summed E-state index contributed by atoms with van der Waals surface area (Å²) in [6.07, 6.45) is 0. The first-order valence-corrected chi connectivity index (χ1v) is 5.90. The highest BCUT2D eigenvalue weighted by atomic mass is 35.5. The molecule has 0 radical (unpaired) electrons. The molecule has 0 saturated heterocycles. The molecule has 1 N–H and O–H groups in total. The number of hydrogen-bond acceptors (Lipinski definition) is 3. The van der Waals surface area contributed by atoms with Crippen LogP contribution in [0.3, 0.4) is 0 Å². The summed E-state index contributed by atoms with van der Waals surface area (Å²) in [4.78, 5) is 11.5. The van der Waals surface area contributed by atoms with Gasteiger partial charge in [-0.15, -0.1) is 0 Å². The summed E-state index contributed by atoms with van der Waals surface area (Å²) in [5.41, 5.74) is -0.00939. The van der Waals surface area contributed by atoms with E-state index in [1.165, 1.54) is 7.11 Å². The normalized spacial score (nSPS) is 11.1. The van der Waals surface area contributed by atoms with E-state index in [2.05, 4.69) is 5.32 Å². The maximum Gasteiger partial charge on any atom is 0.313 e. The van der Waals surface area contributed by atoms with Crippen molar-refractivity contribution >= 4 is 34.9 Å². The van der Waals surface area contributed by atoms with E-state index in [4.69, 9.17) is 27.9 Å². The Bertz CT molecular complexity index is 399. The summed E-state index contributed by atoms with van der Waals surface area (Å²) >= 11 is 12.0. The summed E-state index contributed by atoms with van der Waals surface area (Å²) < 4.78 is 4.72. The second-order valence-corrected chi connectivity index (χ2v) is 5.14. The monoisotopic (exact) mass is 275 g/mol. The maximum atomic E-state index is 11.5. The molecule has 1 rings (SSSR count). The van der Waals surface area contributed by atoms with E-state index >= 15 is 0 Å². The lowest BCUT2D eigenvalue weighted by Gasteiger charge is -2.23. The number of para-hydroxylation sites is 1. The maximum absolute atomic E-state index is 11.5. The van der Waals surface area contributed by atoms with E-state index in [9.17, 15) is 4.79 Å². The Labute approximate surface area is 111 Å². The molecule has 0 aliphatic rings. The van der Waals surface area contributed by atoms with Crippen LogP contribution in [0.1, 0.15) is 13.8 Å². The first-order chi connectivity index (χ1) is 7.88. The zero-order valence-corrected chi connectivity index (χ0v) is 11.5. The SMILES string of the molecule is COC(=O)C(C)(C)CNc1c(Cl)cccc1Cl. The summed E-state index contributed by atoms with van der Waals surface area (Å²) in [6, 6.07) is 5.24. The molecule has 0 heterocycles. The Morgan fingerprint density at radius 2 is 1.88 bits per heavy atom. The molecular weight excluding hydrogens is 261 g/mol. The lowest BCUT2D eigenvalue weighted by Crippen LogP contribution is -2.33. The van der Waals surface area contributed by atoms with Crippen molar-refractivity contribution in [1.82, 2.24) is 0 Å². The average molecular weight is 276 g/mol. The van der Waals surface area contributed by atoms with E-state index in [0.29, 0.717) is 22.3 Å². The highest BCUT2D eigenvalue weighted by Crippen LogP contribution is 2.31. The summed E-state index contributed by atoms with van der Waals surface area (Å²) in [6.45, 7) is 3.97. The predicted octanol–water partition coefficient (Wildman–Crippen LogP) is 3.60. The zero-order valence-electron chi connectivity index (χ0n) is 10.0. The molecule has 0 aliphatic heterocycles. The number of esters is 1. The number of anilines is 1. The van der Waals surface area contributed by atoms with Gasteiger partial charge in [-0.3, -0.25) is 4.79 Å². The first kappa shape index (κ1) is 14.1. The highest BCUT2D eigenvalue weighted by Gasteiger charge is 2.28. The number of ether oxygens (including phenoxy) is 1.